The van der Waals surface area contributed by atoms with Gasteiger partial charge in [0.25, 0.3) is 0 Å². The molecule has 0 bridgehead atoms. The molecule has 1 saturated carbocycles. The summed E-state index contributed by atoms with van der Waals surface area (Å²) in [5.74, 6) is 1.35. The summed E-state index contributed by atoms with van der Waals surface area (Å²) in [6.45, 7) is 7.60. The predicted molar refractivity (Wildman–Crippen MR) is 113 cm³/mol. The summed E-state index contributed by atoms with van der Waals surface area (Å²) in [4.78, 5) is 16.1. The molecule has 2 fully saturated rings. The van der Waals surface area contributed by atoms with E-state index in [2.05, 4.69) is 38.9 Å². The molecule has 1 atom stereocenters. The van der Waals surface area contributed by atoms with Gasteiger partial charge in [0.2, 0.25) is 5.91 Å². The van der Waals surface area contributed by atoms with E-state index in [-0.39, 0.29) is 5.91 Å². The van der Waals surface area contributed by atoms with Crippen molar-refractivity contribution in [3.05, 3.63) is 35.2 Å². The summed E-state index contributed by atoms with van der Waals surface area (Å²) in [5, 5.41) is 10.8. The van der Waals surface area contributed by atoms with E-state index in [1.54, 1.807) is 0 Å². The molecule has 154 valence electrons. The number of hydrogen-bond donors (Lipinski definition) is 2. The van der Waals surface area contributed by atoms with Gasteiger partial charge < -0.3 is 15.2 Å². The van der Waals surface area contributed by atoms with Crippen molar-refractivity contribution in [2.45, 2.75) is 51.5 Å². The molecule has 3 aliphatic rings. The fraction of sp³-hybridized carbons (Fsp3) is 0.565. The summed E-state index contributed by atoms with van der Waals surface area (Å²) >= 11 is 0. The third-order valence-electron chi connectivity index (χ3n) is 7.16. The highest BCUT2D eigenvalue weighted by atomic mass is 16.5. The summed E-state index contributed by atoms with van der Waals surface area (Å²) < 4.78 is 5.42. The van der Waals surface area contributed by atoms with Gasteiger partial charge in [-0.1, -0.05) is 30.5 Å². The molecule has 29 heavy (non-hydrogen) atoms. The van der Waals surface area contributed by atoms with Crippen LogP contribution in [0.2, 0.25) is 0 Å². The zero-order chi connectivity index (χ0) is 20.0. The molecule has 6 heteroatoms. The maximum absolute atomic E-state index is 13.7. The van der Waals surface area contributed by atoms with E-state index in [9.17, 15) is 4.79 Å². The number of hydrogen-bond acceptors (Lipinski definition) is 5. The minimum absolute atomic E-state index is 0.164. The maximum atomic E-state index is 13.7. The molecule has 5 rings (SSSR count). The molecule has 1 aliphatic carbocycles. The Morgan fingerprint density at radius 1 is 1.14 bits per heavy atom. The molecular weight excluding hydrogens is 364 g/mol. The van der Waals surface area contributed by atoms with Gasteiger partial charge in [-0.25, -0.2) is 0 Å². The van der Waals surface area contributed by atoms with Crippen LogP contribution >= 0.6 is 0 Å². The molecule has 3 heterocycles. The van der Waals surface area contributed by atoms with Crippen LogP contribution in [-0.2, 0) is 10.3 Å². The molecule has 6 nitrogen and oxygen atoms in total. The molecule has 1 saturated heterocycles. The summed E-state index contributed by atoms with van der Waals surface area (Å²) in [6, 6.07) is 6.39. The lowest BCUT2D eigenvalue weighted by Gasteiger charge is -2.48. The lowest BCUT2D eigenvalue weighted by atomic mass is 9.70. The number of nitrogens with one attached hydrogen (secondary N) is 2. The van der Waals surface area contributed by atoms with Crippen molar-refractivity contribution in [2.24, 2.45) is 5.92 Å². The van der Waals surface area contributed by atoms with Crippen molar-refractivity contribution >= 4 is 11.6 Å². The predicted octanol–water partition coefficient (Wildman–Crippen LogP) is 3.59. The Morgan fingerprint density at radius 2 is 1.90 bits per heavy atom. The van der Waals surface area contributed by atoms with Crippen molar-refractivity contribution in [3.8, 4) is 11.1 Å². The highest BCUT2D eigenvalue weighted by Gasteiger charge is 2.56. The lowest BCUT2D eigenvalue weighted by Crippen LogP contribution is -2.61. The largest absolute Gasteiger partial charge is 0.361 e. The average molecular weight is 395 g/mol. The van der Waals surface area contributed by atoms with Gasteiger partial charge in [0.1, 0.15) is 11.3 Å². The van der Waals surface area contributed by atoms with Gasteiger partial charge in [-0.2, -0.15) is 0 Å². The van der Waals surface area contributed by atoms with Gasteiger partial charge in [-0.15, -0.1) is 0 Å². The molecule has 1 unspecified atom stereocenters. The number of benzene rings is 1. The minimum atomic E-state index is -0.563. The van der Waals surface area contributed by atoms with Crippen LogP contribution in [0.5, 0.6) is 0 Å². The van der Waals surface area contributed by atoms with Gasteiger partial charge in [0, 0.05) is 43.0 Å². The van der Waals surface area contributed by atoms with Crippen LogP contribution in [-0.4, -0.2) is 42.1 Å². The third kappa shape index (κ3) is 2.84. The van der Waals surface area contributed by atoms with E-state index >= 15 is 0 Å². The first-order valence-electron chi connectivity index (χ1n) is 11.0. The van der Waals surface area contributed by atoms with Crippen LogP contribution < -0.4 is 10.6 Å². The molecular formula is C23H30N4O2. The molecule has 2 aliphatic heterocycles. The number of piperazine rings is 1. The third-order valence-corrected chi connectivity index (χ3v) is 7.16. The van der Waals surface area contributed by atoms with Gasteiger partial charge in [-0.05, 0) is 50.3 Å². The molecule has 0 radical (unpaired) electrons. The van der Waals surface area contributed by atoms with E-state index in [1.807, 2.05) is 13.8 Å². The van der Waals surface area contributed by atoms with Crippen LogP contribution in [0.3, 0.4) is 0 Å². The van der Waals surface area contributed by atoms with Crippen molar-refractivity contribution in [1.29, 1.82) is 0 Å². The molecule has 2 N–H and O–H groups in total. The van der Waals surface area contributed by atoms with Crippen molar-refractivity contribution in [2.75, 3.05) is 31.5 Å². The van der Waals surface area contributed by atoms with Crippen molar-refractivity contribution < 1.29 is 9.32 Å². The highest BCUT2D eigenvalue weighted by Crippen LogP contribution is 2.51. The smallest absolute Gasteiger partial charge is 0.249 e. The topological polar surface area (TPSA) is 70.4 Å². The summed E-state index contributed by atoms with van der Waals surface area (Å²) in [5.41, 5.74) is 4.58. The Balaban J connectivity index is 1.68. The molecule has 2 aromatic rings. The SMILES string of the molecule is Cc1noc(C)c1-c1ccc2c(c1)C(C1CCCCC1)(N1CCNCC1)C(=O)N2. The van der Waals surface area contributed by atoms with Gasteiger partial charge in [0.15, 0.2) is 0 Å². The van der Waals surface area contributed by atoms with E-state index in [1.165, 1.54) is 19.3 Å². The molecule has 1 aromatic heterocycles. The summed E-state index contributed by atoms with van der Waals surface area (Å²) in [6.07, 6.45) is 5.94. The first kappa shape index (κ1) is 18.8. The van der Waals surface area contributed by atoms with E-state index < -0.39 is 5.54 Å². The van der Waals surface area contributed by atoms with Crippen molar-refractivity contribution in [1.82, 2.24) is 15.4 Å². The normalized spacial score (nSPS) is 25.8. The second-order valence-corrected chi connectivity index (χ2v) is 8.75. The lowest BCUT2D eigenvalue weighted by molar-refractivity contribution is -0.134. The van der Waals surface area contributed by atoms with Crippen LogP contribution in [0.15, 0.2) is 22.7 Å². The first-order chi connectivity index (χ1) is 14.1. The number of fused-ring (bicyclic) bond motifs is 1. The zero-order valence-corrected chi connectivity index (χ0v) is 17.4. The van der Waals surface area contributed by atoms with Crippen molar-refractivity contribution in [3.63, 3.8) is 0 Å². The van der Waals surface area contributed by atoms with Gasteiger partial charge >= 0.3 is 0 Å². The minimum Gasteiger partial charge on any atom is -0.361 e. The Labute approximate surface area is 172 Å². The average Bonchev–Trinajstić information content (AvgIpc) is 3.24. The molecule has 1 aromatic carbocycles. The summed E-state index contributed by atoms with van der Waals surface area (Å²) in [7, 11) is 0. The molecule has 1 amide bonds. The second-order valence-electron chi connectivity index (χ2n) is 8.75. The van der Waals surface area contributed by atoms with E-state index in [4.69, 9.17) is 4.52 Å². The Kier molecular flexibility index (Phi) is 4.71. The maximum Gasteiger partial charge on any atom is 0.249 e. The monoisotopic (exact) mass is 394 g/mol. The standard InChI is InChI=1S/C23H30N4O2/c1-15-21(16(2)29-26-15)17-8-9-20-19(14-17)23(22(28)25-20,18-6-4-3-5-7-18)27-12-10-24-11-13-27/h8-9,14,18,24H,3-7,10-13H2,1-2H3,(H,25,28). The number of rotatable bonds is 3. The van der Waals surface area contributed by atoms with Crippen LogP contribution in [0, 0.1) is 19.8 Å². The number of aryl methyl sites for hydroxylation is 2. The number of amides is 1. The number of aromatic nitrogens is 1. The Bertz CT molecular complexity index is 885. The molecule has 0 spiro atoms. The second kappa shape index (κ2) is 7.26. The first-order valence-corrected chi connectivity index (χ1v) is 11.0. The van der Waals surface area contributed by atoms with Crippen LogP contribution in [0.4, 0.5) is 5.69 Å². The van der Waals surface area contributed by atoms with Gasteiger partial charge in [0.05, 0.1) is 5.69 Å². The van der Waals surface area contributed by atoms with Gasteiger partial charge in [-0.3, -0.25) is 9.69 Å². The van der Waals surface area contributed by atoms with E-state index in [0.717, 1.165) is 72.9 Å². The fourth-order valence-electron chi connectivity index (χ4n) is 5.87. The fourth-order valence-corrected chi connectivity index (χ4v) is 5.87. The Hall–Kier alpha value is -2.18. The highest BCUT2D eigenvalue weighted by molar-refractivity contribution is 6.06. The van der Waals surface area contributed by atoms with Crippen LogP contribution in [0.25, 0.3) is 11.1 Å². The number of carbonyl (C=O) groups excluding carboxylic acids is 1. The quantitative estimate of drug-likeness (QED) is 0.833. The number of nitrogens with zero attached hydrogens (tertiary/aromatic N) is 2. The number of anilines is 1. The number of carbonyl (C=O) groups is 1. The van der Waals surface area contributed by atoms with E-state index in [0.29, 0.717) is 5.92 Å². The Morgan fingerprint density at radius 3 is 2.59 bits per heavy atom. The van der Waals surface area contributed by atoms with Crippen LogP contribution in [0.1, 0.15) is 49.1 Å². The zero-order valence-electron chi connectivity index (χ0n) is 17.4.